The van der Waals surface area contributed by atoms with Crippen LogP contribution in [0.15, 0.2) is 21.2 Å². The van der Waals surface area contributed by atoms with Gasteiger partial charge in [-0.3, -0.25) is 4.72 Å². The first kappa shape index (κ1) is 10.3. The van der Waals surface area contributed by atoms with Gasteiger partial charge in [-0.25, -0.2) is 8.42 Å². The molecule has 0 amide bonds. The zero-order chi connectivity index (χ0) is 10.9. The normalized spacial score (nSPS) is 11.5. The van der Waals surface area contributed by atoms with E-state index >= 15 is 0 Å². The summed E-state index contributed by atoms with van der Waals surface area (Å²) in [5.41, 5.74) is 7.31. The fourth-order valence-electron chi connectivity index (χ4n) is 0.854. The Labute approximate surface area is 93.8 Å². The lowest BCUT2D eigenvalue weighted by Crippen LogP contribution is -2.11. The molecule has 0 saturated heterocycles. The summed E-state index contributed by atoms with van der Waals surface area (Å²) >= 11 is 2.17. The zero-order valence-electron chi connectivity index (χ0n) is 7.25. The molecule has 0 bridgehead atoms. The van der Waals surface area contributed by atoms with Crippen LogP contribution in [0.4, 0.5) is 10.8 Å². The number of nitrogens with two attached hydrogens (primary N) is 1. The van der Waals surface area contributed by atoms with Crippen LogP contribution in [-0.4, -0.2) is 18.6 Å². The van der Waals surface area contributed by atoms with E-state index in [2.05, 4.69) is 14.9 Å². The van der Waals surface area contributed by atoms with Crippen molar-refractivity contribution in [3.8, 4) is 0 Å². The number of thiophene rings is 1. The zero-order valence-corrected chi connectivity index (χ0v) is 9.69. The molecule has 0 radical (unpaired) electrons. The van der Waals surface area contributed by atoms with Crippen LogP contribution < -0.4 is 10.5 Å². The van der Waals surface area contributed by atoms with Gasteiger partial charge in [-0.1, -0.05) is 11.3 Å². The Bertz CT molecular complexity index is 545. The maximum atomic E-state index is 11.7. The van der Waals surface area contributed by atoms with E-state index in [9.17, 15) is 8.42 Å². The van der Waals surface area contributed by atoms with E-state index in [0.29, 0.717) is 5.69 Å². The third-order valence-corrected chi connectivity index (χ3v) is 4.97. The van der Waals surface area contributed by atoms with Crippen LogP contribution in [0.5, 0.6) is 0 Å². The van der Waals surface area contributed by atoms with Crippen molar-refractivity contribution in [1.82, 2.24) is 10.2 Å². The number of hydrogen-bond acceptors (Lipinski definition) is 7. The van der Waals surface area contributed by atoms with Gasteiger partial charge in [0.25, 0.3) is 10.0 Å². The lowest BCUT2D eigenvalue weighted by molar-refractivity contribution is 0.603. The van der Waals surface area contributed by atoms with Gasteiger partial charge in [-0.05, 0) is 6.07 Å². The minimum absolute atomic E-state index is 0.162. The number of nitrogens with zero attached hydrogens (tertiary/aromatic N) is 2. The van der Waals surface area contributed by atoms with E-state index in [4.69, 9.17) is 5.73 Å². The number of nitrogens with one attached hydrogen (secondary N) is 1. The van der Waals surface area contributed by atoms with Gasteiger partial charge in [0.2, 0.25) is 5.13 Å². The molecule has 0 aliphatic carbocycles. The van der Waals surface area contributed by atoms with Crippen LogP contribution in [0.2, 0.25) is 0 Å². The monoisotopic (exact) mass is 262 g/mol. The molecule has 2 rings (SSSR count). The van der Waals surface area contributed by atoms with Crippen molar-refractivity contribution >= 4 is 43.5 Å². The highest BCUT2D eigenvalue weighted by molar-refractivity contribution is 7.94. The molecule has 6 nitrogen and oxygen atoms in total. The molecule has 2 aromatic rings. The highest BCUT2D eigenvalue weighted by Gasteiger charge is 2.17. The highest BCUT2D eigenvalue weighted by Crippen LogP contribution is 2.24. The molecular formula is C6H6N4O2S3. The molecule has 2 heterocycles. The van der Waals surface area contributed by atoms with Crippen LogP contribution in [0.1, 0.15) is 0 Å². The quantitative estimate of drug-likeness (QED) is 0.859. The first-order valence-corrected chi connectivity index (χ1v) is 6.95. The number of hydrogen-bond donors (Lipinski definition) is 2. The van der Waals surface area contributed by atoms with Gasteiger partial charge in [0.1, 0.15) is 9.72 Å². The van der Waals surface area contributed by atoms with Crippen LogP contribution in [0.3, 0.4) is 0 Å². The van der Waals surface area contributed by atoms with E-state index < -0.39 is 10.0 Å². The predicted octanol–water partition coefficient (Wildman–Crippen LogP) is 0.983. The molecule has 0 spiro atoms. The van der Waals surface area contributed by atoms with Gasteiger partial charge in [0.05, 0.1) is 0 Å². The van der Waals surface area contributed by atoms with E-state index in [0.717, 1.165) is 22.7 Å². The standard InChI is InChI=1S/C6H6N4O2S3/c7-4-1-5(13-2-4)15(11,12)10-6-9-8-3-14-6/h1-3H,7H2,(H,9,10). The average Bonchev–Trinajstić information content (AvgIpc) is 2.75. The van der Waals surface area contributed by atoms with Crippen LogP contribution in [-0.2, 0) is 10.0 Å². The van der Waals surface area contributed by atoms with E-state index in [1.165, 1.54) is 11.6 Å². The second-order valence-electron chi connectivity index (χ2n) is 2.55. The van der Waals surface area contributed by atoms with E-state index in [1.54, 1.807) is 5.38 Å². The Balaban J connectivity index is 2.28. The third-order valence-electron chi connectivity index (χ3n) is 1.44. The van der Waals surface area contributed by atoms with Crippen molar-refractivity contribution in [1.29, 1.82) is 0 Å². The smallest absolute Gasteiger partial charge is 0.273 e. The Hall–Kier alpha value is -1.19. The predicted molar refractivity (Wildman–Crippen MR) is 59.4 cm³/mol. The summed E-state index contributed by atoms with van der Waals surface area (Å²) in [5.74, 6) is 0. The minimum Gasteiger partial charge on any atom is -0.398 e. The summed E-state index contributed by atoms with van der Waals surface area (Å²) in [4.78, 5) is 0. The molecule has 0 saturated carbocycles. The van der Waals surface area contributed by atoms with Gasteiger partial charge in [-0.2, -0.15) is 0 Å². The van der Waals surface area contributed by atoms with Crippen molar-refractivity contribution in [3.05, 3.63) is 17.0 Å². The van der Waals surface area contributed by atoms with Crippen molar-refractivity contribution in [2.24, 2.45) is 0 Å². The average molecular weight is 262 g/mol. The Morgan fingerprint density at radius 1 is 1.40 bits per heavy atom. The van der Waals surface area contributed by atoms with Gasteiger partial charge < -0.3 is 5.73 Å². The first-order chi connectivity index (χ1) is 7.08. The van der Waals surface area contributed by atoms with Gasteiger partial charge in [-0.15, -0.1) is 21.5 Å². The minimum atomic E-state index is -3.57. The summed E-state index contributed by atoms with van der Waals surface area (Å²) in [6.45, 7) is 0. The van der Waals surface area contributed by atoms with Crippen molar-refractivity contribution < 1.29 is 8.42 Å². The van der Waals surface area contributed by atoms with Crippen LogP contribution in [0.25, 0.3) is 0 Å². The van der Waals surface area contributed by atoms with Crippen molar-refractivity contribution in [2.45, 2.75) is 4.21 Å². The summed E-state index contributed by atoms with van der Waals surface area (Å²) < 4.78 is 25.9. The van der Waals surface area contributed by atoms with Gasteiger partial charge in [0.15, 0.2) is 0 Å². The van der Waals surface area contributed by atoms with E-state index in [-0.39, 0.29) is 9.34 Å². The topological polar surface area (TPSA) is 98.0 Å². The molecule has 9 heteroatoms. The lowest BCUT2D eigenvalue weighted by Gasteiger charge is -2.00. The molecule has 3 N–H and O–H groups in total. The van der Waals surface area contributed by atoms with Crippen molar-refractivity contribution in [2.75, 3.05) is 10.5 Å². The number of aromatic nitrogens is 2. The largest absolute Gasteiger partial charge is 0.398 e. The first-order valence-electron chi connectivity index (χ1n) is 3.71. The molecule has 0 fully saturated rings. The Kier molecular flexibility index (Phi) is 2.59. The van der Waals surface area contributed by atoms with E-state index in [1.807, 2.05) is 0 Å². The molecule has 0 unspecified atom stereocenters. The molecule has 80 valence electrons. The molecular weight excluding hydrogens is 256 g/mol. The Morgan fingerprint density at radius 2 is 2.20 bits per heavy atom. The number of nitrogen functional groups attached to an aromatic ring is 1. The SMILES string of the molecule is Nc1csc(S(=O)(=O)Nc2nncs2)c1. The fraction of sp³-hybridized carbons (Fsp3) is 0. The maximum Gasteiger partial charge on any atom is 0.273 e. The van der Waals surface area contributed by atoms with Gasteiger partial charge in [0, 0.05) is 11.1 Å². The molecule has 0 aliphatic heterocycles. The molecule has 2 aromatic heterocycles. The fourth-order valence-corrected chi connectivity index (χ4v) is 3.63. The lowest BCUT2D eigenvalue weighted by atomic mass is 10.6. The number of sulfonamides is 1. The molecule has 15 heavy (non-hydrogen) atoms. The summed E-state index contributed by atoms with van der Waals surface area (Å²) in [5, 5.41) is 8.91. The molecule has 0 atom stereocenters. The second kappa shape index (κ2) is 3.76. The van der Waals surface area contributed by atoms with Gasteiger partial charge >= 0.3 is 0 Å². The summed E-state index contributed by atoms with van der Waals surface area (Å²) in [7, 11) is -3.57. The Morgan fingerprint density at radius 3 is 2.73 bits per heavy atom. The number of rotatable bonds is 3. The number of anilines is 2. The third kappa shape index (κ3) is 2.25. The molecule has 0 aromatic carbocycles. The van der Waals surface area contributed by atoms with Crippen molar-refractivity contribution in [3.63, 3.8) is 0 Å². The van der Waals surface area contributed by atoms with Crippen LogP contribution >= 0.6 is 22.7 Å². The second-order valence-corrected chi connectivity index (χ2v) is 6.20. The highest BCUT2D eigenvalue weighted by atomic mass is 32.2. The maximum absolute atomic E-state index is 11.7. The molecule has 0 aliphatic rings. The summed E-state index contributed by atoms with van der Waals surface area (Å²) in [6, 6.07) is 1.40. The summed E-state index contributed by atoms with van der Waals surface area (Å²) in [6.07, 6.45) is 0. The van der Waals surface area contributed by atoms with Crippen LogP contribution in [0, 0.1) is 0 Å².